The van der Waals surface area contributed by atoms with Crippen LogP contribution in [0.15, 0.2) is 42.5 Å². The van der Waals surface area contributed by atoms with E-state index in [9.17, 15) is 9.59 Å². The quantitative estimate of drug-likeness (QED) is 0.680. The molecule has 3 N–H and O–H groups in total. The Balaban J connectivity index is 1.94. The van der Waals surface area contributed by atoms with Crippen molar-refractivity contribution in [3.63, 3.8) is 0 Å². The Kier molecular flexibility index (Phi) is 6.72. The van der Waals surface area contributed by atoms with Crippen LogP contribution in [0, 0.1) is 0 Å². The van der Waals surface area contributed by atoms with Crippen molar-refractivity contribution in [2.75, 3.05) is 33.9 Å². The van der Waals surface area contributed by atoms with Crippen LogP contribution in [0.5, 0.6) is 11.5 Å². The zero-order valence-electron chi connectivity index (χ0n) is 17.1. The minimum Gasteiger partial charge on any atom is -0.493 e. The van der Waals surface area contributed by atoms with Crippen LogP contribution in [0.1, 0.15) is 29.7 Å². The van der Waals surface area contributed by atoms with Gasteiger partial charge in [-0.3, -0.25) is 10.1 Å². The van der Waals surface area contributed by atoms with Gasteiger partial charge in [0.15, 0.2) is 18.0 Å². The number of quaternary nitrogens is 1. The highest BCUT2D eigenvalue weighted by atomic mass is 16.5. The fraction of sp³-hybridized carbons (Fsp3) is 0.364. The molecule has 7 heteroatoms. The lowest BCUT2D eigenvalue weighted by Crippen LogP contribution is -3.14. The Hall–Kier alpha value is -3.06. The maximum Gasteiger partial charge on any atom is 0.321 e. The summed E-state index contributed by atoms with van der Waals surface area (Å²) in [4.78, 5) is 25.3. The minimum absolute atomic E-state index is 0.0419. The number of hydrogen-bond donors (Lipinski definition) is 3. The van der Waals surface area contributed by atoms with Crippen molar-refractivity contribution in [2.45, 2.75) is 19.4 Å². The van der Waals surface area contributed by atoms with Gasteiger partial charge in [0.05, 0.1) is 20.8 Å². The number of fused-ring (bicyclic) bond motifs is 1. The normalized spacial score (nSPS) is 17.8. The summed E-state index contributed by atoms with van der Waals surface area (Å²) in [5.41, 5.74) is 3.41. The van der Waals surface area contributed by atoms with Gasteiger partial charge in [0.2, 0.25) is 0 Å². The van der Waals surface area contributed by atoms with Crippen LogP contribution < -0.4 is 25.0 Å². The molecule has 0 aliphatic carbocycles. The smallest absolute Gasteiger partial charge is 0.321 e. The van der Waals surface area contributed by atoms with E-state index in [1.54, 1.807) is 14.2 Å². The molecule has 1 aliphatic heterocycles. The summed E-state index contributed by atoms with van der Waals surface area (Å²) in [5.74, 6) is 1.08. The number of hydrogen-bond acceptors (Lipinski definition) is 4. The number of methoxy groups -OCH3 is 2. The fourth-order valence-corrected chi connectivity index (χ4v) is 3.91. The van der Waals surface area contributed by atoms with Crippen molar-refractivity contribution in [1.29, 1.82) is 0 Å². The van der Waals surface area contributed by atoms with Gasteiger partial charge in [-0.2, -0.15) is 0 Å². The van der Waals surface area contributed by atoms with Gasteiger partial charge >= 0.3 is 6.03 Å². The Morgan fingerprint density at radius 2 is 1.79 bits per heavy atom. The molecule has 2 aromatic carbocycles. The number of carbonyl (C=O) groups excluding carboxylic acids is 2. The Morgan fingerprint density at radius 3 is 2.45 bits per heavy atom. The number of imide groups is 1. The molecule has 0 radical (unpaired) electrons. The molecule has 3 rings (SSSR count). The van der Waals surface area contributed by atoms with Gasteiger partial charge in [0.25, 0.3) is 5.91 Å². The van der Waals surface area contributed by atoms with Crippen LogP contribution >= 0.6 is 0 Å². The second-order valence-corrected chi connectivity index (χ2v) is 6.99. The first kappa shape index (κ1) is 20.7. The molecule has 0 spiro atoms. The van der Waals surface area contributed by atoms with E-state index in [1.165, 1.54) is 5.56 Å². The lowest BCUT2D eigenvalue weighted by Gasteiger charge is -2.34. The predicted octanol–water partition coefficient (Wildman–Crippen LogP) is 1.08. The van der Waals surface area contributed by atoms with Crippen molar-refractivity contribution >= 4 is 11.9 Å². The second-order valence-electron chi connectivity index (χ2n) is 6.99. The monoisotopic (exact) mass is 398 g/mol. The van der Waals surface area contributed by atoms with Gasteiger partial charge in [-0.05, 0) is 24.6 Å². The van der Waals surface area contributed by atoms with Crippen molar-refractivity contribution in [2.24, 2.45) is 0 Å². The van der Waals surface area contributed by atoms with E-state index in [4.69, 9.17) is 9.47 Å². The molecule has 29 heavy (non-hydrogen) atoms. The third-order valence-corrected chi connectivity index (χ3v) is 5.19. The van der Waals surface area contributed by atoms with Crippen molar-refractivity contribution in [3.05, 3.63) is 59.2 Å². The highest BCUT2D eigenvalue weighted by Gasteiger charge is 2.35. The molecule has 3 amide bonds. The van der Waals surface area contributed by atoms with Gasteiger partial charge in [0, 0.05) is 24.1 Å². The Bertz CT molecular complexity index is 870. The average Bonchev–Trinajstić information content (AvgIpc) is 2.73. The molecule has 7 nitrogen and oxygen atoms in total. The molecule has 2 aromatic rings. The van der Waals surface area contributed by atoms with Crippen LogP contribution in [0.3, 0.4) is 0 Å². The molecule has 1 heterocycles. The van der Waals surface area contributed by atoms with E-state index in [1.807, 2.05) is 37.3 Å². The van der Waals surface area contributed by atoms with E-state index < -0.39 is 6.03 Å². The average molecular weight is 398 g/mol. The first-order valence-corrected chi connectivity index (χ1v) is 9.79. The van der Waals surface area contributed by atoms with Crippen LogP contribution in [0.25, 0.3) is 0 Å². The third kappa shape index (κ3) is 4.68. The third-order valence-electron chi connectivity index (χ3n) is 5.19. The predicted molar refractivity (Wildman–Crippen MR) is 109 cm³/mol. The molecule has 0 fully saturated rings. The number of ether oxygens (including phenoxy) is 2. The van der Waals surface area contributed by atoms with Crippen molar-refractivity contribution in [3.8, 4) is 11.5 Å². The van der Waals surface area contributed by atoms with Gasteiger partial charge < -0.3 is 19.7 Å². The number of urea groups is 1. The Morgan fingerprint density at radius 1 is 1.10 bits per heavy atom. The van der Waals surface area contributed by atoms with Crippen molar-refractivity contribution in [1.82, 2.24) is 10.6 Å². The van der Waals surface area contributed by atoms with Gasteiger partial charge in [-0.15, -0.1) is 0 Å². The van der Waals surface area contributed by atoms with E-state index >= 15 is 0 Å². The largest absolute Gasteiger partial charge is 0.493 e. The van der Waals surface area contributed by atoms with Crippen LogP contribution in [0.2, 0.25) is 0 Å². The van der Waals surface area contributed by atoms with Gasteiger partial charge in [0.1, 0.15) is 6.04 Å². The SMILES string of the molecule is CCNC(=O)NC(=O)C[NH+]1CCc2cc(OC)c(OC)cc2[C@H]1c1ccccc1. The summed E-state index contributed by atoms with van der Waals surface area (Å²) in [6, 6.07) is 13.6. The van der Waals surface area contributed by atoms with E-state index in [2.05, 4.69) is 22.8 Å². The summed E-state index contributed by atoms with van der Waals surface area (Å²) < 4.78 is 11.0. The zero-order valence-corrected chi connectivity index (χ0v) is 17.1. The topological polar surface area (TPSA) is 81.1 Å². The fourth-order valence-electron chi connectivity index (χ4n) is 3.91. The number of nitrogens with one attached hydrogen (secondary N) is 3. The first-order chi connectivity index (χ1) is 14.1. The number of carbonyl (C=O) groups is 2. The minimum atomic E-state index is -0.461. The standard InChI is InChI=1S/C22H27N3O4/c1-4-23-22(27)24-20(26)14-25-11-10-16-12-18(28-2)19(29-3)13-17(16)21(25)15-8-6-5-7-9-15/h5-9,12-13,21H,4,10-11,14H2,1-3H3,(H2,23,24,26,27)/p+1/t21-/m1/s1. The molecule has 0 saturated heterocycles. The summed E-state index contributed by atoms with van der Waals surface area (Å²) >= 11 is 0. The van der Waals surface area contributed by atoms with Gasteiger partial charge in [-0.1, -0.05) is 30.3 Å². The van der Waals surface area contributed by atoms with Gasteiger partial charge in [-0.25, -0.2) is 4.79 Å². The summed E-state index contributed by atoms with van der Waals surface area (Å²) in [6.07, 6.45) is 0.808. The summed E-state index contributed by atoms with van der Waals surface area (Å²) in [6.45, 7) is 3.25. The second kappa shape index (κ2) is 9.43. The highest BCUT2D eigenvalue weighted by Crippen LogP contribution is 2.35. The molecule has 154 valence electrons. The first-order valence-electron chi connectivity index (χ1n) is 9.79. The maximum absolute atomic E-state index is 12.5. The van der Waals surface area contributed by atoms with E-state index in [0.717, 1.165) is 29.0 Å². The number of benzene rings is 2. The van der Waals surface area contributed by atoms with E-state index in [-0.39, 0.29) is 18.5 Å². The maximum atomic E-state index is 12.5. The number of rotatable bonds is 6. The lowest BCUT2D eigenvalue weighted by molar-refractivity contribution is -0.920. The molecule has 1 unspecified atom stereocenters. The van der Waals surface area contributed by atoms with Crippen LogP contribution in [0.4, 0.5) is 4.79 Å². The molecular weight excluding hydrogens is 370 g/mol. The van der Waals surface area contributed by atoms with E-state index in [0.29, 0.717) is 18.0 Å². The Labute approximate surface area is 171 Å². The molecule has 1 aliphatic rings. The summed E-state index contributed by atoms with van der Waals surface area (Å²) in [5, 5.41) is 5.00. The molecular formula is C22H28N3O4+. The van der Waals surface area contributed by atoms with Crippen LogP contribution in [-0.4, -0.2) is 45.8 Å². The molecule has 2 atom stereocenters. The number of amides is 3. The van der Waals surface area contributed by atoms with Crippen LogP contribution in [-0.2, 0) is 11.2 Å². The van der Waals surface area contributed by atoms with Crippen molar-refractivity contribution < 1.29 is 24.0 Å². The lowest BCUT2D eigenvalue weighted by atomic mass is 9.87. The molecule has 0 aromatic heterocycles. The molecule has 0 bridgehead atoms. The molecule has 0 saturated carbocycles. The highest BCUT2D eigenvalue weighted by molar-refractivity contribution is 5.94. The summed E-state index contributed by atoms with van der Waals surface area (Å²) in [7, 11) is 3.25. The zero-order chi connectivity index (χ0) is 20.8.